The van der Waals surface area contributed by atoms with E-state index in [-0.39, 0.29) is 17.8 Å². The second-order valence-corrected chi connectivity index (χ2v) is 8.25. The van der Waals surface area contributed by atoms with Crippen molar-refractivity contribution in [3.8, 4) is 6.26 Å². The molecule has 0 radical (unpaired) electrons. The summed E-state index contributed by atoms with van der Waals surface area (Å²) in [6.45, 7) is 7.34. The van der Waals surface area contributed by atoms with E-state index >= 15 is 0 Å². The number of nitrogens with zero attached hydrogens (tertiary/aromatic N) is 4. The summed E-state index contributed by atoms with van der Waals surface area (Å²) in [4.78, 5) is 24.4. The molecule has 2 aliphatic rings. The average Bonchev–Trinajstić information content (AvgIpc) is 3.32. The van der Waals surface area contributed by atoms with E-state index in [0.717, 1.165) is 50.3 Å². The summed E-state index contributed by atoms with van der Waals surface area (Å²) in [5.74, 6) is 0.778. The number of aromatic nitrogens is 1. The number of ether oxygens (including phenoxy) is 1. The van der Waals surface area contributed by atoms with Crippen molar-refractivity contribution < 1.29 is 28.7 Å². The fraction of sp³-hybridized carbons (Fsp3) is 0.632. The molecule has 1 aromatic heterocycles. The van der Waals surface area contributed by atoms with Crippen LogP contribution in [0.1, 0.15) is 45.8 Å². The predicted molar refractivity (Wildman–Crippen MR) is 113 cm³/mol. The van der Waals surface area contributed by atoms with Gasteiger partial charge in [-0.15, -0.1) is 0 Å². The maximum absolute atomic E-state index is 11.7. The Morgan fingerprint density at radius 2 is 2.28 bits per heavy atom. The van der Waals surface area contributed by atoms with Crippen LogP contribution < -0.4 is 10.6 Å². The molecule has 13 heteroatoms. The molecule has 174 valence electrons. The Bertz CT molecular complexity index is 815. The molecule has 0 aromatic carbocycles. The first-order valence-corrected chi connectivity index (χ1v) is 10.3. The Balaban J connectivity index is 0.000000297. The fourth-order valence-corrected chi connectivity index (χ4v) is 3.10. The Morgan fingerprint density at radius 1 is 1.50 bits per heavy atom. The Hall–Kier alpha value is -3.27. The van der Waals surface area contributed by atoms with Crippen LogP contribution in [0.25, 0.3) is 0 Å². The molecule has 3 rings (SSSR count). The molecule has 2 aliphatic heterocycles. The number of hydrogen-bond donors (Lipinski definition) is 3. The van der Waals surface area contributed by atoms with E-state index in [0.29, 0.717) is 13.0 Å². The summed E-state index contributed by atoms with van der Waals surface area (Å²) in [7, 11) is 1.11. The molecule has 1 aromatic rings. The molecule has 3 heterocycles. The molecule has 0 spiro atoms. The number of carbonyl (C=O) groups excluding carboxylic acids is 2. The van der Waals surface area contributed by atoms with Gasteiger partial charge >= 0.3 is 135 Å². The van der Waals surface area contributed by atoms with Crippen molar-refractivity contribution in [1.29, 1.82) is 5.26 Å². The second kappa shape index (κ2) is 11.9. The third-order valence-electron chi connectivity index (χ3n) is 4.48. The van der Waals surface area contributed by atoms with Crippen molar-refractivity contribution in [2.75, 3.05) is 19.6 Å². The molecule has 3 amide bonds. The van der Waals surface area contributed by atoms with E-state index in [1.54, 1.807) is 37.9 Å². The molecular formula is C19H29BN6O6. The number of nitrogens with one attached hydrogen (secondary N) is 2. The van der Waals surface area contributed by atoms with Crippen molar-refractivity contribution >= 4 is 25.0 Å². The third kappa shape index (κ3) is 8.47. The van der Waals surface area contributed by atoms with Gasteiger partial charge in [0.05, 0.1) is 6.04 Å². The zero-order valence-electron chi connectivity index (χ0n) is 18.5. The molecule has 3 N–H and O–H groups in total. The monoisotopic (exact) mass is 448 g/mol. The minimum Gasteiger partial charge on any atom is -0.321 e. The molecule has 2 bridgehead atoms. The van der Waals surface area contributed by atoms with Crippen molar-refractivity contribution in [3.63, 3.8) is 0 Å². The van der Waals surface area contributed by atoms with Gasteiger partial charge in [0.2, 0.25) is 0 Å². The third-order valence-corrected chi connectivity index (χ3v) is 4.48. The van der Waals surface area contributed by atoms with E-state index in [9.17, 15) is 9.59 Å². The van der Waals surface area contributed by atoms with Crippen LogP contribution in [0, 0.1) is 11.5 Å². The van der Waals surface area contributed by atoms with Crippen molar-refractivity contribution in [3.05, 3.63) is 18.0 Å². The molecule has 32 heavy (non-hydrogen) atoms. The van der Waals surface area contributed by atoms with Crippen LogP contribution in [0.5, 0.6) is 0 Å². The minimum atomic E-state index is -0.636. The van der Waals surface area contributed by atoms with Gasteiger partial charge in [-0.25, -0.2) is 9.86 Å². The van der Waals surface area contributed by atoms with Crippen LogP contribution in [-0.4, -0.2) is 76.6 Å². The predicted octanol–water partition coefficient (Wildman–Crippen LogP) is 1.20. The van der Waals surface area contributed by atoms with Crippen LogP contribution in [0.2, 0.25) is 0 Å². The van der Waals surface area contributed by atoms with E-state index in [4.69, 9.17) is 19.7 Å². The minimum absolute atomic E-state index is 0.0706. The molecule has 2 fully saturated rings. The molecule has 12 nitrogen and oxygen atoms in total. The van der Waals surface area contributed by atoms with E-state index in [2.05, 4.69) is 20.4 Å². The Morgan fingerprint density at radius 3 is 2.88 bits per heavy atom. The first-order chi connectivity index (χ1) is 15.2. The number of rotatable bonds is 7. The summed E-state index contributed by atoms with van der Waals surface area (Å²) in [6.07, 6.45) is 5.86. The van der Waals surface area contributed by atoms with E-state index in [1.807, 2.05) is 0 Å². The average molecular weight is 448 g/mol. The van der Waals surface area contributed by atoms with Gasteiger partial charge in [0, 0.05) is 13.1 Å². The standard InChI is InChI=1S/C13H19BN4O4.C6H10N2O2/c1-13(2,3)21-12(19)18-11(14-20-9-15)16-7-4-5-10-6-8-17-22-10;9-6-7-3-1-2-5(4-7)8(6)10/h6,8,16H,4-5,7H2,1-3H3,(H,18,19);5,10H,1-4H2. The number of nitriles is 1. The summed E-state index contributed by atoms with van der Waals surface area (Å²) in [6, 6.07) is 1.64. The van der Waals surface area contributed by atoms with Gasteiger partial charge in [-0.1, -0.05) is 0 Å². The molecule has 2 saturated heterocycles. The zero-order valence-corrected chi connectivity index (χ0v) is 18.5. The molecule has 1 atom stereocenters. The van der Waals surface area contributed by atoms with Gasteiger partial charge in [0.1, 0.15) is 0 Å². The molecule has 0 saturated carbocycles. The van der Waals surface area contributed by atoms with Crippen LogP contribution >= 0.6 is 0 Å². The summed E-state index contributed by atoms with van der Waals surface area (Å²) in [5, 5.41) is 27.4. The van der Waals surface area contributed by atoms with Crippen molar-refractivity contribution in [2.24, 2.45) is 0 Å². The van der Waals surface area contributed by atoms with Crippen molar-refractivity contribution in [1.82, 2.24) is 25.8 Å². The first-order valence-electron chi connectivity index (χ1n) is 10.3. The van der Waals surface area contributed by atoms with Gasteiger partial charge in [-0.3, -0.25) is 5.21 Å². The number of aryl methyl sites for hydroxylation is 1. The largest absolute Gasteiger partial charge is 0.344 e. The number of carbonyl (C=O) groups is 2. The van der Waals surface area contributed by atoms with Gasteiger partial charge in [0.15, 0.2) is 0 Å². The normalized spacial score (nSPS) is 17.5. The smallest absolute Gasteiger partial charge is 0.321 e. The van der Waals surface area contributed by atoms with Crippen LogP contribution in [-0.2, 0) is 15.8 Å². The number of piperidine rings is 1. The fourth-order valence-electron chi connectivity index (χ4n) is 3.10. The maximum atomic E-state index is 11.7. The summed E-state index contributed by atoms with van der Waals surface area (Å²) in [5.41, 5.74) is -0.370. The number of fused-ring (bicyclic) bond motifs is 2. The van der Waals surface area contributed by atoms with Crippen molar-refractivity contribution in [2.45, 2.75) is 58.1 Å². The van der Waals surface area contributed by atoms with Gasteiger partial charge in [-0.05, 0) is 12.8 Å². The van der Waals surface area contributed by atoms with Gasteiger partial charge in [-0.2, -0.15) is 0 Å². The Labute approximate surface area is 187 Å². The first kappa shape index (κ1) is 25.0. The number of urea groups is 1. The number of hydrogen-bond acceptors (Lipinski definition) is 9. The number of amides is 3. The van der Waals surface area contributed by atoms with Gasteiger partial charge in [0.25, 0.3) is 0 Å². The van der Waals surface area contributed by atoms with Gasteiger partial charge < -0.3 is 4.90 Å². The maximum Gasteiger partial charge on any atom is 0.344 e. The van der Waals surface area contributed by atoms with Crippen LogP contribution in [0.15, 0.2) is 16.8 Å². The molecular weight excluding hydrogens is 419 g/mol. The quantitative estimate of drug-likeness (QED) is 0.242. The zero-order chi connectivity index (χ0) is 23.6. The molecule has 1 unspecified atom stereocenters. The van der Waals surface area contributed by atoms with E-state index < -0.39 is 11.7 Å². The Kier molecular flexibility index (Phi) is 9.33. The molecule has 0 aliphatic carbocycles. The number of alkyl carbamates (subject to hydrolysis) is 1. The van der Waals surface area contributed by atoms with Crippen LogP contribution in [0.4, 0.5) is 9.59 Å². The second-order valence-electron chi connectivity index (χ2n) is 8.25. The summed E-state index contributed by atoms with van der Waals surface area (Å²) < 4.78 is 14.6. The van der Waals surface area contributed by atoms with Crippen LogP contribution in [0.3, 0.4) is 0 Å². The number of hydroxylamine groups is 2. The topological polar surface area (TPSA) is 153 Å². The summed E-state index contributed by atoms with van der Waals surface area (Å²) >= 11 is 0. The SMILES string of the molecule is CC(C)(C)OC(=O)NC(=BOC#N)NCCCc1ccno1.O=C1N2CCCC(C2)N1O. The van der Waals surface area contributed by atoms with E-state index in [1.165, 1.54) is 6.26 Å².